The summed E-state index contributed by atoms with van der Waals surface area (Å²) < 4.78 is 1.07. The van der Waals surface area contributed by atoms with Crippen LogP contribution in [0.25, 0.3) is 0 Å². The number of hydrogen-bond acceptors (Lipinski definition) is 3. The van der Waals surface area contributed by atoms with Gasteiger partial charge in [0.15, 0.2) is 0 Å². The zero-order valence-corrected chi connectivity index (χ0v) is 12.6. The monoisotopic (exact) mass is 319 g/mol. The molecule has 1 aromatic carbocycles. The molecule has 0 aliphatic heterocycles. The number of nitrogens with two attached hydrogens (primary N) is 1. The molecule has 0 radical (unpaired) electrons. The van der Waals surface area contributed by atoms with E-state index in [0.717, 1.165) is 23.0 Å². The molecule has 0 saturated carbocycles. The van der Waals surface area contributed by atoms with Gasteiger partial charge < -0.3 is 10.6 Å². The third-order valence-corrected chi connectivity index (χ3v) is 3.56. The van der Waals surface area contributed by atoms with Crippen molar-refractivity contribution >= 4 is 21.6 Å². The molecule has 2 N–H and O–H groups in total. The molecular formula is C15H18BrN3. The number of anilines is 1. The van der Waals surface area contributed by atoms with Crippen LogP contribution in [0.15, 0.2) is 47.2 Å². The first-order valence-corrected chi connectivity index (χ1v) is 7.08. The predicted octanol–water partition coefficient (Wildman–Crippen LogP) is 2.98. The highest BCUT2D eigenvalue weighted by molar-refractivity contribution is 9.10. The maximum absolute atomic E-state index is 5.71. The van der Waals surface area contributed by atoms with Crippen LogP contribution in [0.3, 0.4) is 0 Å². The lowest BCUT2D eigenvalue weighted by Crippen LogP contribution is -2.20. The van der Waals surface area contributed by atoms with Gasteiger partial charge in [-0.2, -0.15) is 0 Å². The smallest absolute Gasteiger partial charge is 0.0378 e. The van der Waals surface area contributed by atoms with E-state index in [1.54, 1.807) is 0 Å². The SMILES string of the molecule is CN(CCc1ccncc1)c1cc(Br)cc(CN)c1. The number of aromatic nitrogens is 1. The van der Waals surface area contributed by atoms with Crippen molar-refractivity contribution in [2.45, 2.75) is 13.0 Å². The predicted molar refractivity (Wildman–Crippen MR) is 83.2 cm³/mol. The second-order valence-electron chi connectivity index (χ2n) is 4.55. The van der Waals surface area contributed by atoms with E-state index in [1.165, 1.54) is 11.3 Å². The van der Waals surface area contributed by atoms with Crippen LogP contribution in [-0.2, 0) is 13.0 Å². The van der Waals surface area contributed by atoms with E-state index in [0.29, 0.717) is 6.54 Å². The Kier molecular flexibility index (Phi) is 4.93. The van der Waals surface area contributed by atoms with Gasteiger partial charge in [-0.1, -0.05) is 15.9 Å². The lowest BCUT2D eigenvalue weighted by molar-refractivity contribution is 0.872. The fourth-order valence-electron chi connectivity index (χ4n) is 1.95. The molecule has 0 bridgehead atoms. The molecule has 100 valence electrons. The number of likely N-dealkylation sites (N-methyl/N-ethyl adjacent to an activating group) is 1. The van der Waals surface area contributed by atoms with Gasteiger partial charge in [0.05, 0.1) is 0 Å². The Hall–Kier alpha value is -1.39. The summed E-state index contributed by atoms with van der Waals surface area (Å²) in [5.41, 5.74) is 9.33. The molecule has 0 atom stereocenters. The fraction of sp³-hybridized carbons (Fsp3) is 0.267. The molecule has 0 amide bonds. The topological polar surface area (TPSA) is 42.2 Å². The van der Waals surface area contributed by atoms with Crippen molar-refractivity contribution in [1.82, 2.24) is 4.98 Å². The normalized spacial score (nSPS) is 10.5. The highest BCUT2D eigenvalue weighted by Crippen LogP contribution is 2.22. The Bertz CT molecular complexity index is 528. The maximum Gasteiger partial charge on any atom is 0.0378 e. The summed E-state index contributed by atoms with van der Waals surface area (Å²) in [7, 11) is 2.10. The first-order valence-electron chi connectivity index (χ1n) is 6.28. The van der Waals surface area contributed by atoms with Gasteiger partial charge in [-0.3, -0.25) is 4.98 Å². The highest BCUT2D eigenvalue weighted by atomic mass is 79.9. The Morgan fingerprint density at radius 2 is 1.89 bits per heavy atom. The molecule has 1 heterocycles. The van der Waals surface area contributed by atoms with Gasteiger partial charge in [0.25, 0.3) is 0 Å². The van der Waals surface area contributed by atoms with E-state index in [-0.39, 0.29) is 0 Å². The summed E-state index contributed by atoms with van der Waals surface area (Å²) in [5.74, 6) is 0. The van der Waals surface area contributed by atoms with Gasteiger partial charge in [-0.05, 0) is 47.9 Å². The zero-order valence-electron chi connectivity index (χ0n) is 11.0. The molecule has 0 aliphatic carbocycles. The number of pyridine rings is 1. The molecule has 0 saturated heterocycles. The third-order valence-electron chi connectivity index (χ3n) is 3.10. The van der Waals surface area contributed by atoms with Crippen molar-refractivity contribution in [2.75, 3.05) is 18.5 Å². The summed E-state index contributed by atoms with van der Waals surface area (Å²) in [5, 5.41) is 0. The third kappa shape index (κ3) is 4.04. The number of halogens is 1. The Morgan fingerprint density at radius 1 is 1.16 bits per heavy atom. The van der Waals surface area contributed by atoms with Gasteiger partial charge in [0.1, 0.15) is 0 Å². The van der Waals surface area contributed by atoms with Crippen LogP contribution in [0.4, 0.5) is 5.69 Å². The molecule has 4 heteroatoms. The van der Waals surface area contributed by atoms with Crippen molar-refractivity contribution < 1.29 is 0 Å². The maximum atomic E-state index is 5.71. The van der Waals surface area contributed by atoms with Crippen molar-refractivity contribution in [1.29, 1.82) is 0 Å². The minimum Gasteiger partial charge on any atom is -0.374 e. The van der Waals surface area contributed by atoms with Gasteiger partial charge in [0.2, 0.25) is 0 Å². The molecule has 0 aliphatic rings. The average Bonchev–Trinajstić information content (AvgIpc) is 2.45. The van der Waals surface area contributed by atoms with E-state index in [9.17, 15) is 0 Å². The Labute approximate surface area is 122 Å². The van der Waals surface area contributed by atoms with E-state index < -0.39 is 0 Å². The van der Waals surface area contributed by atoms with Crippen LogP contribution < -0.4 is 10.6 Å². The van der Waals surface area contributed by atoms with Crippen molar-refractivity contribution in [3.05, 3.63) is 58.3 Å². The highest BCUT2D eigenvalue weighted by Gasteiger charge is 2.04. The largest absolute Gasteiger partial charge is 0.374 e. The lowest BCUT2D eigenvalue weighted by atomic mass is 10.1. The molecule has 3 nitrogen and oxygen atoms in total. The van der Waals surface area contributed by atoms with E-state index >= 15 is 0 Å². The number of nitrogens with zero attached hydrogens (tertiary/aromatic N) is 2. The number of hydrogen-bond donors (Lipinski definition) is 1. The molecule has 0 unspecified atom stereocenters. The minimum absolute atomic E-state index is 0.560. The quantitative estimate of drug-likeness (QED) is 0.921. The lowest BCUT2D eigenvalue weighted by Gasteiger charge is -2.20. The first kappa shape index (κ1) is 14.0. The molecule has 2 rings (SSSR count). The van der Waals surface area contributed by atoms with Crippen molar-refractivity contribution in [2.24, 2.45) is 5.73 Å². The summed E-state index contributed by atoms with van der Waals surface area (Å²) >= 11 is 3.53. The zero-order chi connectivity index (χ0) is 13.7. The van der Waals surface area contributed by atoms with Crippen LogP contribution in [0, 0.1) is 0 Å². The second-order valence-corrected chi connectivity index (χ2v) is 5.46. The second kappa shape index (κ2) is 6.68. The summed E-state index contributed by atoms with van der Waals surface area (Å²) in [6, 6.07) is 10.4. The van der Waals surface area contributed by atoms with Crippen LogP contribution >= 0.6 is 15.9 Å². The Balaban J connectivity index is 2.03. The molecule has 0 fully saturated rings. The molecule has 0 spiro atoms. The van der Waals surface area contributed by atoms with Crippen LogP contribution in [0.1, 0.15) is 11.1 Å². The van der Waals surface area contributed by atoms with Crippen molar-refractivity contribution in [3.8, 4) is 0 Å². The van der Waals surface area contributed by atoms with Crippen molar-refractivity contribution in [3.63, 3.8) is 0 Å². The molecular weight excluding hydrogens is 302 g/mol. The van der Waals surface area contributed by atoms with Gasteiger partial charge in [0, 0.05) is 42.7 Å². The van der Waals surface area contributed by atoms with Gasteiger partial charge in [-0.15, -0.1) is 0 Å². The van der Waals surface area contributed by atoms with E-state index in [4.69, 9.17) is 5.73 Å². The number of benzene rings is 1. The standard InChI is InChI=1S/C15H18BrN3/c1-19(7-4-12-2-5-18-6-3-12)15-9-13(11-17)8-14(16)10-15/h2-3,5-6,8-10H,4,7,11,17H2,1H3. The van der Waals surface area contributed by atoms with Crippen LogP contribution in [-0.4, -0.2) is 18.6 Å². The summed E-state index contributed by atoms with van der Waals surface area (Å²) in [4.78, 5) is 6.27. The Morgan fingerprint density at radius 3 is 2.58 bits per heavy atom. The summed E-state index contributed by atoms with van der Waals surface area (Å²) in [6.07, 6.45) is 4.67. The molecule has 19 heavy (non-hydrogen) atoms. The van der Waals surface area contributed by atoms with Gasteiger partial charge >= 0.3 is 0 Å². The van der Waals surface area contributed by atoms with Crippen LogP contribution in [0.2, 0.25) is 0 Å². The number of rotatable bonds is 5. The van der Waals surface area contributed by atoms with E-state index in [1.807, 2.05) is 12.4 Å². The van der Waals surface area contributed by atoms with Gasteiger partial charge in [-0.25, -0.2) is 0 Å². The van der Waals surface area contributed by atoms with Crippen LogP contribution in [0.5, 0.6) is 0 Å². The van der Waals surface area contributed by atoms with E-state index in [2.05, 4.69) is 63.2 Å². The average molecular weight is 320 g/mol. The molecule has 2 aromatic rings. The fourth-order valence-corrected chi connectivity index (χ4v) is 2.48. The first-order chi connectivity index (χ1) is 9.19. The summed E-state index contributed by atoms with van der Waals surface area (Å²) in [6.45, 7) is 1.52. The minimum atomic E-state index is 0.560. The molecule has 1 aromatic heterocycles.